The number of halogens is 1. The summed E-state index contributed by atoms with van der Waals surface area (Å²) >= 11 is 5.29. The van der Waals surface area contributed by atoms with Crippen molar-refractivity contribution >= 4 is 19.5 Å². The summed E-state index contributed by atoms with van der Waals surface area (Å²) in [5, 5.41) is 14.0. The number of rotatable bonds is 0. The predicted octanol–water partition coefficient (Wildman–Crippen LogP) is -0.0800. The van der Waals surface area contributed by atoms with Gasteiger partial charge in [0.05, 0.1) is 18.0 Å². The molecule has 0 amide bonds. The fourth-order valence-corrected chi connectivity index (χ4v) is 0.402. The quantitative estimate of drug-likeness (QED) is 0.386. The van der Waals surface area contributed by atoms with Crippen molar-refractivity contribution in [3.8, 4) is 0 Å². The van der Waals surface area contributed by atoms with Crippen LogP contribution in [0.4, 0.5) is 0 Å². The summed E-state index contributed by atoms with van der Waals surface area (Å²) in [6.07, 6.45) is 6.62. The minimum Gasteiger partial charge on any atom is -0.429 e. The van der Waals surface area contributed by atoms with E-state index < -0.39 is 0 Å². The lowest BCUT2D eigenvalue weighted by Gasteiger charge is -2.08. The van der Waals surface area contributed by atoms with E-state index in [1.807, 2.05) is 0 Å². The molecule has 0 spiro atoms. The van der Waals surface area contributed by atoms with Gasteiger partial charge < -0.3 is 14.9 Å². The Morgan fingerprint density at radius 2 is 2.00 bits per heavy atom. The van der Waals surface area contributed by atoms with Gasteiger partial charge in [0.25, 0.3) is 0 Å². The van der Waals surface area contributed by atoms with Gasteiger partial charge in [-0.3, -0.25) is 0 Å². The number of nitrogens with zero attached hydrogens (tertiary/aromatic N) is 1. The minimum absolute atomic E-state index is 0. The van der Waals surface area contributed by atoms with Crippen molar-refractivity contribution in [3.63, 3.8) is 0 Å². The minimum atomic E-state index is 0. The van der Waals surface area contributed by atoms with E-state index >= 15 is 0 Å². The molecule has 4 nitrogen and oxygen atoms in total. The summed E-state index contributed by atoms with van der Waals surface area (Å²) in [7, 11) is 0. The van der Waals surface area contributed by atoms with Crippen molar-refractivity contribution in [3.05, 3.63) is 24.6 Å². The average Bonchev–Trinajstić information content (AvgIpc) is 1.91. The third-order valence-corrected chi connectivity index (χ3v) is 0.747. The molecular formula is C4H6BClNO3. The molecule has 0 saturated carbocycles. The normalized spacial score (nSPS) is 13.3. The molecule has 55 valence electrons. The summed E-state index contributed by atoms with van der Waals surface area (Å²) < 4.78 is 1.10. The fourth-order valence-electron chi connectivity index (χ4n) is 0.291. The van der Waals surface area contributed by atoms with Gasteiger partial charge in [-0.15, -0.1) is 4.58 Å². The largest absolute Gasteiger partial charge is 0.482 e. The topological polar surface area (TPSA) is 52.9 Å². The van der Waals surface area contributed by atoms with Crippen molar-refractivity contribution in [1.82, 2.24) is 4.58 Å². The molecule has 0 aliphatic carbocycles. The second kappa shape index (κ2) is 6.47. The molecule has 0 aromatic heterocycles. The Balaban J connectivity index is 0.000000236. The molecule has 1 radical (unpaired) electrons. The molecule has 0 saturated heterocycles. The molecular weight excluding hydrogens is 156 g/mol. The first-order valence-electron chi connectivity index (χ1n) is 2.36. The zero-order chi connectivity index (χ0) is 7.82. The molecule has 0 fully saturated rings. The van der Waals surface area contributed by atoms with Crippen LogP contribution in [-0.4, -0.2) is 22.3 Å². The zero-order valence-electron chi connectivity index (χ0n) is 5.01. The van der Waals surface area contributed by atoms with E-state index in [-0.39, 0.29) is 7.69 Å². The van der Waals surface area contributed by atoms with Gasteiger partial charge in [-0.05, 0) is 12.2 Å². The Morgan fingerprint density at radius 1 is 1.40 bits per heavy atom. The summed E-state index contributed by atoms with van der Waals surface area (Å²) in [5.74, 6) is 0. The van der Waals surface area contributed by atoms with Crippen molar-refractivity contribution in [1.29, 1.82) is 0 Å². The highest BCUT2D eigenvalue weighted by Crippen LogP contribution is 2.01. The number of allylic oxidation sites excluding steroid dienone is 2. The van der Waals surface area contributed by atoms with Crippen LogP contribution < -0.4 is 0 Å². The Labute approximate surface area is 64.3 Å². The molecule has 0 bridgehead atoms. The number of hydroxylamine groups is 1. The SMILES string of the molecule is ClN1C=CC=CO1.O[B]O. The maximum atomic E-state index is 7.00. The lowest BCUT2D eigenvalue weighted by Crippen LogP contribution is -2.00. The Morgan fingerprint density at radius 3 is 2.20 bits per heavy atom. The van der Waals surface area contributed by atoms with Gasteiger partial charge in [0.2, 0.25) is 0 Å². The first-order valence-corrected chi connectivity index (χ1v) is 2.70. The van der Waals surface area contributed by atoms with Gasteiger partial charge in [-0.1, -0.05) is 0 Å². The van der Waals surface area contributed by atoms with Crippen molar-refractivity contribution in [2.75, 3.05) is 0 Å². The third-order valence-electron chi connectivity index (χ3n) is 0.555. The van der Waals surface area contributed by atoms with Gasteiger partial charge in [0.1, 0.15) is 6.26 Å². The Hall–Kier alpha value is -0.645. The van der Waals surface area contributed by atoms with E-state index in [2.05, 4.69) is 4.84 Å². The maximum Gasteiger partial charge on any atom is 0.482 e. The van der Waals surface area contributed by atoms with Crippen LogP contribution in [0.3, 0.4) is 0 Å². The van der Waals surface area contributed by atoms with Crippen LogP contribution >= 0.6 is 11.8 Å². The summed E-state index contributed by atoms with van der Waals surface area (Å²) in [5.41, 5.74) is 0. The van der Waals surface area contributed by atoms with E-state index in [9.17, 15) is 0 Å². The molecule has 1 aliphatic heterocycles. The lowest BCUT2D eigenvalue weighted by molar-refractivity contribution is 0.0307. The van der Waals surface area contributed by atoms with E-state index in [1.165, 1.54) is 6.26 Å². The van der Waals surface area contributed by atoms with E-state index in [0.29, 0.717) is 0 Å². The maximum absolute atomic E-state index is 7.00. The number of hydrogen-bond donors (Lipinski definition) is 2. The Kier molecular flexibility index (Phi) is 6.06. The Bertz CT molecular complexity index is 130. The highest BCUT2D eigenvalue weighted by atomic mass is 35.5. The first-order chi connectivity index (χ1) is 4.81. The average molecular weight is 162 g/mol. The molecule has 0 unspecified atom stereocenters. The van der Waals surface area contributed by atoms with Crippen LogP contribution in [-0.2, 0) is 4.84 Å². The fraction of sp³-hybridized carbons (Fsp3) is 0. The van der Waals surface area contributed by atoms with Gasteiger partial charge in [0, 0.05) is 0 Å². The molecule has 0 atom stereocenters. The van der Waals surface area contributed by atoms with Gasteiger partial charge >= 0.3 is 7.69 Å². The smallest absolute Gasteiger partial charge is 0.429 e. The van der Waals surface area contributed by atoms with Crippen LogP contribution in [0.15, 0.2) is 24.6 Å². The molecule has 0 aromatic rings. The second-order valence-corrected chi connectivity index (χ2v) is 1.50. The molecule has 0 aromatic carbocycles. The van der Waals surface area contributed by atoms with Gasteiger partial charge in [-0.2, -0.15) is 0 Å². The van der Waals surface area contributed by atoms with Crippen LogP contribution in [0, 0.1) is 0 Å². The van der Waals surface area contributed by atoms with Crippen molar-refractivity contribution in [2.45, 2.75) is 0 Å². The highest BCUT2D eigenvalue weighted by Gasteiger charge is 1.89. The molecule has 10 heavy (non-hydrogen) atoms. The zero-order valence-corrected chi connectivity index (χ0v) is 5.77. The standard InChI is InChI=1S/C4H4ClNO.BH2O2/c5-6-3-1-2-4-7-6;2-1-3/h1-4H;2-3H. The molecule has 1 rings (SSSR count). The molecule has 1 aliphatic rings. The highest BCUT2D eigenvalue weighted by molar-refractivity contribution is 6.13. The third kappa shape index (κ3) is 5.49. The predicted molar refractivity (Wildman–Crippen MR) is 37.2 cm³/mol. The monoisotopic (exact) mass is 162 g/mol. The van der Waals surface area contributed by atoms with Crippen LogP contribution in [0.2, 0.25) is 0 Å². The summed E-state index contributed by atoms with van der Waals surface area (Å²) in [6.45, 7) is 0. The lowest BCUT2D eigenvalue weighted by atomic mass is 10.5. The van der Waals surface area contributed by atoms with E-state index in [4.69, 9.17) is 21.8 Å². The van der Waals surface area contributed by atoms with E-state index in [1.54, 1.807) is 18.4 Å². The van der Waals surface area contributed by atoms with Gasteiger partial charge in [0.15, 0.2) is 0 Å². The molecule has 1 heterocycles. The number of hydrogen-bond acceptors (Lipinski definition) is 4. The van der Waals surface area contributed by atoms with Crippen molar-refractivity contribution in [2.24, 2.45) is 0 Å². The van der Waals surface area contributed by atoms with Crippen LogP contribution in [0.25, 0.3) is 0 Å². The van der Waals surface area contributed by atoms with Gasteiger partial charge in [-0.25, -0.2) is 0 Å². The first kappa shape index (κ1) is 9.35. The van der Waals surface area contributed by atoms with Crippen LogP contribution in [0.1, 0.15) is 0 Å². The molecule has 2 N–H and O–H groups in total. The second-order valence-electron chi connectivity index (χ2n) is 1.16. The summed E-state index contributed by atoms with van der Waals surface area (Å²) in [4.78, 5) is 4.61. The van der Waals surface area contributed by atoms with E-state index in [0.717, 1.165) is 4.58 Å². The van der Waals surface area contributed by atoms with Crippen molar-refractivity contribution < 1.29 is 14.9 Å². The molecule has 6 heteroatoms. The van der Waals surface area contributed by atoms with Crippen LogP contribution in [0.5, 0.6) is 0 Å². The summed E-state index contributed by atoms with van der Waals surface area (Å²) in [6, 6.07) is 0.